The lowest BCUT2D eigenvalue weighted by atomic mass is 9.69. The Morgan fingerprint density at radius 3 is 2.65 bits per heavy atom. The zero-order chi connectivity index (χ0) is 12.0. The Morgan fingerprint density at radius 1 is 1.24 bits per heavy atom. The number of likely N-dealkylation sites (tertiary alicyclic amines) is 1. The van der Waals surface area contributed by atoms with Crippen LogP contribution in [0, 0.1) is 0 Å². The van der Waals surface area contributed by atoms with Gasteiger partial charge in [0.1, 0.15) is 0 Å². The van der Waals surface area contributed by atoms with E-state index in [4.69, 9.17) is 0 Å². The minimum atomic E-state index is -0.213. The summed E-state index contributed by atoms with van der Waals surface area (Å²) in [6, 6.07) is 0. The first kappa shape index (κ1) is 11.2. The standard InChI is InChI=1S/C13H18N2OS/c1-14-5-3-13(4-6-14)11-9-17-8-10(11)7-15(2)12(13)16/h8-9H,3-7H2,1-2H3. The van der Waals surface area contributed by atoms with E-state index in [2.05, 4.69) is 22.7 Å². The molecule has 1 fully saturated rings. The van der Waals surface area contributed by atoms with Crippen LogP contribution in [0.3, 0.4) is 0 Å². The number of piperidine rings is 1. The van der Waals surface area contributed by atoms with Gasteiger partial charge in [0.15, 0.2) is 0 Å². The van der Waals surface area contributed by atoms with Crippen LogP contribution in [0.15, 0.2) is 10.8 Å². The molecule has 0 bridgehead atoms. The number of thiophene rings is 1. The number of hydrogen-bond donors (Lipinski definition) is 0. The number of nitrogens with zero attached hydrogens (tertiary/aromatic N) is 2. The summed E-state index contributed by atoms with van der Waals surface area (Å²) >= 11 is 1.74. The topological polar surface area (TPSA) is 23.6 Å². The van der Waals surface area contributed by atoms with E-state index >= 15 is 0 Å². The molecule has 0 N–H and O–H groups in total. The first-order valence-corrected chi connectivity index (χ1v) is 7.07. The Hall–Kier alpha value is -0.870. The normalized spacial score (nSPS) is 24.1. The summed E-state index contributed by atoms with van der Waals surface area (Å²) in [6.45, 7) is 2.83. The smallest absolute Gasteiger partial charge is 0.233 e. The van der Waals surface area contributed by atoms with Crippen molar-refractivity contribution in [2.75, 3.05) is 27.2 Å². The highest BCUT2D eigenvalue weighted by molar-refractivity contribution is 7.08. The number of rotatable bonds is 0. The van der Waals surface area contributed by atoms with E-state index in [1.165, 1.54) is 11.1 Å². The Balaban J connectivity index is 2.05. The maximum Gasteiger partial charge on any atom is 0.233 e. The van der Waals surface area contributed by atoms with Crippen LogP contribution in [0.1, 0.15) is 24.0 Å². The lowest BCUT2D eigenvalue weighted by Gasteiger charge is -2.44. The first-order valence-electron chi connectivity index (χ1n) is 6.13. The van der Waals surface area contributed by atoms with Crippen molar-refractivity contribution in [1.82, 2.24) is 9.80 Å². The minimum absolute atomic E-state index is 0.213. The van der Waals surface area contributed by atoms with Gasteiger partial charge in [0, 0.05) is 13.6 Å². The maximum atomic E-state index is 12.6. The minimum Gasteiger partial charge on any atom is -0.341 e. The number of amides is 1. The van der Waals surface area contributed by atoms with Crippen molar-refractivity contribution in [1.29, 1.82) is 0 Å². The van der Waals surface area contributed by atoms with Gasteiger partial charge in [0.2, 0.25) is 5.91 Å². The van der Waals surface area contributed by atoms with E-state index in [1.54, 1.807) is 11.3 Å². The Kier molecular flexibility index (Phi) is 2.52. The SMILES string of the molecule is CN1CCC2(CC1)C(=O)N(C)Cc1cscc12. The average molecular weight is 250 g/mol. The van der Waals surface area contributed by atoms with Gasteiger partial charge < -0.3 is 9.80 Å². The van der Waals surface area contributed by atoms with Crippen molar-refractivity contribution in [2.24, 2.45) is 0 Å². The van der Waals surface area contributed by atoms with Gasteiger partial charge in [0.25, 0.3) is 0 Å². The van der Waals surface area contributed by atoms with Gasteiger partial charge in [-0.05, 0) is 54.9 Å². The predicted octanol–water partition coefficient (Wildman–Crippen LogP) is 1.68. The van der Waals surface area contributed by atoms with Crippen LogP contribution >= 0.6 is 11.3 Å². The van der Waals surface area contributed by atoms with E-state index in [9.17, 15) is 4.79 Å². The summed E-state index contributed by atoms with van der Waals surface area (Å²) in [7, 11) is 4.07. The van der Waals surface area contributed by atoms with Crippen molar-refractivity contribution in [3.8, 4) is 0 Å². The van der Waals surface area contributed by atoms with Crippen molar-refractivity contribution >= 4 is 17.2 Å². The third kappa shape index (κ3) is 1.54. The number of fused-ring (bicyclic) bond motifs is 2. The van der Waals surface area contributed by atoms with Crippen LogP contribution in [-0.2, 0) is 16.8 Å². The second kappa shape index (κ2) is 3.82. The molecule has 1 aromatic rings. The second-order valence-corrected chi connectivity index (χ2v) is 6.10. The molecule has 0 radical (unpaired) electrons. The van der Waals surface area contributed by atoms with Crippen LogP contribution < -0.4 is 0 Å². The molecule has 1 saturated heterocycles. The van der Waals surface area contributed by atoms with Gasteiger partial charge in [-0.15, -0.1) is 0 Å². The summed E-state index contributed by atoms with van der Waals surface area (Å²) < 4.78 is 0. The number of carbonyl (C=O) groups excluding carboxylic acids is 1. The van der Waals surface area contributed by atoms with Crippen LogP contribution in [0.2, 0.25) is 0 Å². The van der Waals surface area contributed by atoms with E-state index in [0.29, 0.717) is 5.91 Å². The molecular formula is C13H18N2OS. The van der Waals surface area contributed by atoms with Crippen molar-refractivity contribution in [3.05, 3.63) is 21.9 Å². The number of likely N-dealkylation sites (N-methyl/N-ethyl adjacent to an activating group) is 1. The van der Waals surface area contributed by atoms with E-state index in [-0.39, 0.29) is 5.41 Å². The molecule has 3 nitrogen and oxygen atoms in total. The Morgan fingerprint density at radius 2 is 1.94 bits per heavy atom. The van der Waals surface area contributed by atoms with Crippen LogP contribution in [0.25, 0.3) is 0 Å². The third-order valence-electron chi connectivity index (χ3n) is 4.26. The zero-order valence-corrected chi connectivity index (χ0v) is 11.2. The van der Waals surface area contributed by atoms with Crippen LogP contribution in [0.5, 0.6) is 0 Å². The molecule has 92 valence electrons. The molecule has 3 heterocycles. The maximum absolute atomic E-state index is 12.6. The first-order chi connectivity index (χ1) is 8.13. The molecule has 1 amide bonds. The van der Waals surface area contributed by atoms with E-state index in [0.717, 1.165) is 32.5 Å². The lowest BCUT2D eigenvalue weighted by molar-refractivity contribution is -0.139. The summed E-state index contributed by atoms with van der Waals surface area (Å²) in [4.78, 5) is 16.8. The van der Waals surface area contributed by atoms with Gasteiger partial charge in [-0.1, -0.05) is 0 Å². The number of carbonyl (C=O) groups is 1. The van der Waals surface area contributed by atoms with Crippen molar-refractivity contribution in [2.45, 2.75) is 24.8 Å². The average Bonchev–Trinajstić information content (AvgIpc) is 2.78. The Labute approximate surface area is 106 Å². The van der Waals surface area contributed by atoms with Crippen molar-refractivity contribution < 1.29 is 4.79 Å². The fraction of sp³-hybridized carbons (Fsp3) is 0.615. The van der Waals surface area contributed by atoms with Gasteiger partial charge in [-0.3, -0.25) is 4.79 Å². The molecule has 2 aliphatic heterocycles. The van der Waals surface area contributed by atoms with Crippen molar-refractivity contribution in [3.63, 3.8) is 0 Å². The largest absolute Gasteiger partial charge is 0.341 e. The molecular weight excluding hydrogens is 232 g/mol. The summed E-state index contributed by atoms with van der Waals surface area (Å²) in [5, 5.41) is 4.41. The molecule has 1 aromatic heterocycles. The van der Waals surface area contributed by atoms with Gasteiger partial charge in [-0.25, -0.2) is 0 Å². The molecule has 3 rings (SSSR count). The zero-order valence-electron chi connectivity index (χ0n) is 10.4. The molecule has 0 aliphatic carbocycles. The summed E-state index contributed by atoms with van der Waals surface area (Å²) in [5.74, 6) is 0.330. The molecule has 0 aromatic carbocycles. The fourth-order valence-electron chi connectivity index (χ4n) is 3.16. The van der Waals surface area contributed by atoms with Gasteiger partial charge >= 0.3 is 0 Å². The highest BCUT2D eigenvalue weighted by Crippen LogP contribution is 2.43. The monoisotopic (exact) mass is 250 g/mol. The highest BCUT2D eigenvalue weighted by Gasteiger charge is 2.47. The molecule has 1 spiro atoms. The van der Waals surface area contributed by atoms with E-state index < -0.39 is 0 Å². The highest BCUT2D eigenvalue weighted by atomic mass is 32.1. The van der Waals surface area contributed by atoms with Crippen LogP contribution in [-0.4, -0.2) is 42.9 Å². The number of hydrogen-bond acceptors (Lipinski definition) is 3. The predicted molar refractivity (Wildman–Crippen MR) is 69.2 cm³/mol. The molecule has 0 saturated carbocycles. The quantitative estimate of drug-likeness (QED) is 0.699. The van der Waals surface area contributed by atoms with Crippen LogP contribution in [0.4, 0.5) is 0 Å². The lowest BCUT2D eigenvalue weighted by Crippen LogP contribution is -2.54. The summed E-state index contributed by atoms with van der Waals surface area (Å²) in [6.07, 6.45) is 1.94. The molecule has 0 unspecified atom stereocenters. The summed E-state index contributed by atoms with van der Waals surface area (Å²) in [5.41, 5.74) is 2.47. The molecule has 2 aliphatic rings. The second-order valence-electron chi connectivity index (χ2n) is 5.36. The van der Waals surface area contributed by atoms with Gasteiger partial charge in [0.05, 0.1) is 5.41 Å². The molecule has 17 heavy (non-hydrogen) atoms. The molecule has 4 heteroatoms. The fourth-order valence-corrected chi connectivity index (χ4v) is 4.10. The van der Waals surface area contributed by atoms with Gasteiger partial charge in [-0.2, -0.15) is 11.3 Å². The molecule has 0 atom stereocenters. The van der Waals surface area contributed by atoms with E-state index in [1.807, 2.05) is 11.9 Å². The third-order valence-corrected chi connectivity index (χ3v) is 5.05. The Bertz CT molecular complexity index is 446.